The van der Waals surface area contributed by atoms with Gasteiger partial charge in [0, 0.05) is 31.6 Å². The lowest BCUT2D eigenvalue weighted by Crippen LogP contribution is -2.27. The van der Waals surface area contributed by atoms with Gasteiger partial charge in [-0.1, -0.05) is 12.1 Å². The molecule has 1 fully saturated rings. The molecule has 4 rings (SSSR count). The maximum atomic E-state index is 12.8. The summed E-state index contributed by atoms with van der Waals surface area (Å²) in [5, 5.41) is 11.2. The number of aromatic nitrogens is 1. The van der Waals surface area contributed by atoms with Crippen LogP contribution in [0.3, 0.4) is 0 Å². The van der Waals surface area contributed by atoms with Crippen molar-refractivity contribution in [3.8, 4) is 17.0 Å². The number of rotatable bonds is 8. The van der Waals surface area contributed by atoms with Crippen molar-refractivity contribution in [2.75, 3.05) is 19.7 Å². The van der Waals surface area contributed by atoms with Crippen molar-refractivity contribution in [1.82, 2.24) is 8.87 Å². The first-order valence-corrected chi connectivity index (χ1v) is 13.3. The van der Waals surface area contributed by atoms with E-state index in [4.69, 9.17) is 0 Å². The highest BCUT2D eigenvalue weighted by molar-refractivity contribution is 7.89. The number of benzene rings is 2. The molecule has 0 amide bonds. The van der Waals surface area contributed by atoms with E-state index in [1.807, 2.05) is 9.95 Å². The second kappa shape index (κ2) is 10.5. The van der Waals surface area contributed by atoms with Crippen molar-refractivity contribution < 1.29 is 31.4 Å². The average Bonchev–Trinajstić information content (AvgIpc) is 3.49. The Kier molecular flexibility index (Phi) is 7.64. The maximum Gasteiger partial charge on any atom is 0.573 e. The minimum atomic E-state index is -4.77. The lowest BCUT2D eigenvalue weighted by Gasteiger charge is -2.16. The van der Waals surface area contributed by atoms with Crippen molar-refractivity contribution in [3.63, 3.8) is 0 Å². The highest BCUT2D eigenvalue weighted by atomic mass is 32.2. The van der Waals surface area contributed by atoms with Gasteiger partial charge < -0.3 is 14.4 Å². The average molecular weight is 528 g/mol. The molecule has 12 heteroatoms. The summed E-state index contributed by atoms with van der Waals surface area (Å²) in [5.41, 5.74) is 2.03. The minimum absolute atomic E-state index is 0.0295. The Morgan fingerprint density at radius 1 is 1.03 bits per heavy atom. The molecule has 0 saturated carbocycles. The fraction of sp³-hybridized carbons (Fsp3) is 0.348. The van der Waals surface area contributed by atoms with Crippen LogP contribution in [0.5, 0.6) is 5.75 Å². The second-order valence-electron chi connectivity index (χ2n) is 7.92. The number of nitrogens with zero attached hydrogens (tertiary/aromatic N) is 3. The molecule has 35 heavy (non-hydrogen) atoms. The Morgan fingerprint density at radius 3 is 2.29 bits per heavy atom. The van der Waals surface area contributed by atoms with Crippen LogP contribution in [0.1, 0.15) is 19.3 Å². The first-order valence-electron chi connectivity index (χ1n) is 11.0. The van der Waals surface area contributed by atoms with Gasteiger partial charge in [0.15, 0.2) is 4.80 Å². The molecule has 188 valence electrons. The zero-order chi connectivity index (χ0) is 25.1. The van der Waals surface area contributed by atoms with Gasteiger partial charge in [-0.25, -0.2) is 13.4 Å². The Morgan fingerprint density at radius 2 is 1.69 bits per heavy atom. The summed E-state index contributed by atoms with van der Waals surface area (Å²) in [6.45, 7) is 1.49. The molecule has 0 aliphatic carbocycles. The fourth-order valence-corrected chi connectivity index (χ4v) is 6.27. The van der Waals surface area contributed by atoms with Gasteiger partial charge in [-0.2, -0.15) is 4.31 Å². The molecule has 1 aromatic heterocycles. The molecule has 1 aliphatic heterocycles. The summed E-state index contributed by atoms with van der Waals surface area (Å²) < 4.78 is 70.1. The van der Waals surface area contributed by atoms with Crippen molar-refractivity contribution >= 4 is 27.0 Å². The van der Waals surface area contributed by atoms with Crippen LogP contribution >= 0.6 is 11.3 Å². The van der Waals surface area contributed by atoms with Gasteiger partial charge in [-0.3, -0.25) is 0 Å². The number of sulfonamides is 1. The number of hydrogen-bond donors (Lipinski definition) is 1. The third-order valence-electron chi connectivity index (χ3n) is 5.49. The molecule has 0 atom stereocenters. The molecule has 1 aliphatic rings. The van der Waals surface area contributed by atoms with E-state index in [1.165, 1.54) is 39.9 Å². The van der Waals surface area contributed by atoms with Crippen LogP contribution in [0, 0.1) is 0 Å². The molecule has 0 bridgehead atoms. The standard InChI is InChI=1S/C23H24F3N3O4S2/c24-23(25,26)33-19-8-6-18(7-9-19)27-22-29(14-3-15-30)21(16-34-22)17-4-10-20(11-5-17)35(31,32)28-12-1-2-13-28/h4-11,16,30H,1-3,12-15H2. The van der Waals surface area contributed by atoms with Crippen LogP contribution in [0.4, 0.5) is 18.9 Å². The van der Waals surface area contributed by atoms with Crippen molar-refractivity contribution in [3.05, 3.63) is 58.7 Å². The third-order valence-corrected chi connectivity index (χ3v) is 8.26. The molecule has 1 N–H and O–H groups in total. The van der Waals surface area contributed by atoms with Gasteiger partial charge in [0.2, 0.25) is 10.0 Å². The first-order chi connectivity index (χ1) is 16.7. The number of alkyl halides is 3. The quantitative estimate of drug-likeness (QED) is 0.467. The molecule has 0 radical (unpaired) electrons. The second-order valence-corrected chi connectivity index (χ2v) is 10.7. The number of thiazole rings is 1. The van der Waals surface area contributed by atoms with Gasteiger partial charge in [0.05, 0.1) is 16.3 Å². The molecule has 3 aromatic rings. The van der Waals surface area contributed by atoms with E-state index in [2.05, 4.69) is 9.73 Å². The van der Waals surface area contributed by atoms with Gasteiger partial charge in [-0.15, -0.1) is 24.5 Å². The number of aliphatic hydroxyl groups is 1. The normalized spacial score (nSPS) is 15.6. The third kappa shape index (κ3) is 6.13. The van der Waals surface area contributed by atoms with Crippen LogP contribution in [-0.4, -0.2) is 48.5 Å². The largest absolute Gasteiger partial charge is 0.573 e. The summed E-state index contributed by atoms with van der Waals surface area (Å²) in [7, 11) is -3.52. The highest BCUT2D eigenvalue weighted by Gasteiger charge is 2.31. The van der Waals surface area contributed by atoms with Crippen LogP contribution in [0.2, 0.25) is 0 Å². The van der Waals surface area contributed by atoms with Crippen LogP contribution in [0.15, 0.2) is 63.8 Å². The van der Waals surface area contributed by atoms with Crippen molar-refractivity contribution in [1.29, 1.82) is 0 Å². The van der Waals surface area contributed by atoms with Crippen LogP contribution < -0.4 is 9.54 Å². The zero-order valence-corrected chi connectivity index (χ0v) is 20.2. The van der Waals surface area contributed by atoms with Crippen molar-refractivity contribution in [2.24, 2.45) is 4.99 Å². The molecular formula is C23H24F3N3O4S2. The van der Waals surface area contributed by atoms with E-state index in [9.17, 15) is 26.7 Å². The summed E-state index contributed by atoms with van der Waals surface area (Å²) in [5.74, 6) is -0.333. The summed E-state index contributed by atoms with van der Waals surface area (Å²) >= 11 is 1.34. The molecule has 1 saturated heterocycles. The van der Waals surface area contributed by atoms with Crippen molar-refractivity contribution in [2.45, 2.75) is 37.1 Å². The number of aliphatic hydroxyl groups excluding tert-OH is 1. The summed E-state index contributed by atoms with van der Waals surface area (Å²) in [6, 6.07) is 11.9. The maximum absolute atomic E-state index is 12.8. The summed E-state index contributed by atoms with van der Waals surface area (Å²) in [6.07, 6.45) is -2.57. The SMILES string of the molecule is O=S(=O)(c1ccc(-c2csc(=Nc3ccc(OC(F)(F)F)cc3)n2CCCO)cc1)N1CCCC1. The minimum Gasteiger partial charge on any atom is -0.406 e. The van der Waals surface area contributed by atoms with Crippen LogP contribution in [0.25, 0.3) is 11.3 Å². The Bertz CT molecular complexity index is 1310. The predicted molar refractivity (Wildman–Crippen MR) is 126 cm³/mol. The molecular weight excluding hydrogens is 503 g/mol. The van der Waals surface area contributed by atoms with Gasteiger partial charge in [-0.05, 0) is 61.2 Å². The van der Waals surface area contributed by atoms with E-state index in [0.717, 1.165) is 24.1 Å². The van der Waals surface area contributed by atoms with E-state index >= 15 is 0 Å². The lowest BCUT2D eigenvalue weighted by molar-refractivity contribution is -0.274. The zero-order valence-electron chi connectivity index (χ0n) is 18.6. The Balaban J connectivity index is 1.63. The Labute approximate surface area is 204 Å². The van der Waals surface area contributed by atoms with Gasteiger partial charge in [0.25, 0.3) is 0 Å². The number of hydrogen-bond acceptors (Lipinski definition) is 6. The van der Waals surface area contributed by atoms with Crippen LogP contribution in [-0.2, 0) is 16.6 Å². The summed E-state index contributed by atoms with van der Waals surface area (Å²) in [4.78, 5) is 5.38. The van der Waals surface area contributed by atoms with E-state index in [0.29, 0.717) is 36.5 Å². The van der Waals surface area contributed by atoms with E-state index < -0.39 is 16.4 Å². The lowest BCUT2D eigenvalue weighted by atomic mass is 10.2. The number of halogens is 3. The fourth-order valence-electron chi connectivity index (χ4n) is 3.80. The molecule has 2 aromatic carbocycles. The first kappa shape index (κ1) is 25.4. The smallest absolute Gasteiger partial charge is 0.406 e. The van der Waals surface area contributed by atoms with Gasteiger partial charge >= 0.3 is 6.36 Å². The Hall–Kier alpha value is -2.67. The van der Waals surface area contributed by atoms with E-state index in [1.54, 1.807) is 24.3 Å². The predicted octanol–water partition coefficient (Wildman–Crippen LogP) is 4.51. The van der Waals surface area contributed by atoms with E-state index in [-0.39, 0.29) is 17.3 Å². The topological polar surface area (TPSA) is 84.1 Å². The number of ether oxygens (including phenoxy) is 1. The molecule has 2 heterocycles. The highest BCUT2D eigenvalue weighted by Crippen LogP contribution is 2.27. The molecule has 7 nitrogen and oxygen atoms in total. The molecule has 0 spiro atoms. The van der Waals surface area contributed by atoms with Gasteiger partial charge in [0.1, 0.15) is 5.75 Å². The monoisotopic (exact) mass is 527 g/mol. The molecule has 0 unspecified atom stereocenters.